The van der Waals surface area contributed by atoms with Crippen molar-refractivity contribution in [2.45, 2.75) is 38.3 Å². The molecule has 0 bridgehead atoms. The van der Waals surface area contributed by atoms with E-state index in [-0.39, 0.29) is 6.04 Å². The Labute approximate surface area is 197 Å². The highest BCUT2D eigenvalue weighted by atomic mass is 32.1. The first kappa shape index (κ1) is 22.9. The molecule has 3 aromatic heterocycles. The molecule has 4 rings (SSSR count). The summed E-state index contributed by atoms with van der Waals surface area (Å²) < 4.78 is 0.925. The van der Waals surface area contributed by atoms with Crippen LogP contribution in [0.5, 0.6) is 0 Å². The van der Waals surface area contributed by atoms with Crippen LogP contribution in [0.3, 0.4) is 0 Å². The lowest BCUT2D eigenvalue weighted by Crippen LogP contribution is -2.31. The molecule has 0 aliphatic heterocycles. The first-order valence-corrected chi connectivity index (χ1v) is 11.9. The van der Waals surface area contributed by atoms with E-state index in [1.54, 1.807) is 23.7 Å². The van der Waals surface area contributed by atoms with Gasteiger partial charge in [-0.05, 0) is 30.5 Å². The molecule has 4 aromatic rings. The van der Waals surface area contributed by atoms with Gasteiger partial charge in [-0.15, -0.1) is 11.3 Å². The van der Waals surface area contributed by atoms with Crippen LogP contribution < -0.4 is 11.1 Å². The maximum atomic E-state index is 10.0. The van der Waals surface area contributed by atoms with Crippen LogP contribution in [-0.2, 0) is 6.42 Å². The predicted octanol–water partition coefficient (Wildman–Crippen LogP) is 4.25. The van der Waals surface area contributed by atoms with Crippen LogP contribution in [-0.4, -0.2) is 38.7 Å². The van der Waals surface area contributed by atoms with Crippen molar-refractivity contribution >= 4 is 27.4 Å². The highest BCUT2D eigenvalue weighted by Gasteiger charge is 2.15. The quantitative estimate of drug-likeness (QED) is 0.342. The van der Waals surface area contributed by atoms with Gasteiger partial charge >= 0.3 is 0 Å². The normalized spacial score (nSPS) is 12.7. The number of hydrogen-bond donors (Lipinski definition) is 3. The number of nitrogens with two attached hydrogens (primary N) is 1. The molecular weight excluding hydrogens is 430 g/mol. The van der Waals surface area contributed by atoms with Crippen LogP contribution in [0, 0.1) is 11.8 Å². The largest absolute Gasteiger partial charge is 0.380 e. The van der Waals surface area contributed by atoms with Gasteiger partial charge in [0.1, 0.15) is 17.4 Å². The van der Waals surface area contributed by atoms with Gasteiger partial charge in [0.15, 0.2) is 5.82 Å². The Hall–Kier alpha value is -3.31. The average molecular weight is 458 g/mol. The third kappa shape index (κ3) is 5.93. The summed E-state index contributed by atoms with van der Waals surface area (Å²) in [6.45, 7) is 2.60. The van der Waals surface area contributed by atoms with Gasteiger partial charge in [0.25, 0.3) is 0 Å². The van der Waals surface area contributed by atoms with E-state index in [1.165, 1.54) is 5.56 Å². The summed E-state index contributed by atoms with van der Waals surface area (Å²) in [6, 6.07) is 13.9. The molecule has 0 aliphatic rings. The lowest BCUT2D eigenvalue weighted by molar-refractivity contribution is 0.221. The summed E-state index contributed by atoms with van der Waals surface area (Å²) in [6.07, 6.45) is 5.11. The Balaban J connectivity index is 1.64. The SMILES string of the molecule is CCC[C@H](O)C#Cc1csc2c(NC[C@H](N)Cc3ccccc3)nc(-c3ccncc3)nc12. The first-order chi connectivity index (χ1) is 16.1. The number of anilines is 1. The zero-order valence-corrected chi connectivity index (χ0v) is 19.3. The van der Waals surface area contributed by atoms with Gasteiger partial charge in [-0.25, -0.2) is 9.97 Å². The van der Waals surface area contributed by atoms with Crippen molar-refractivity contribution in [1.82, 2.24) is 15.0 Å². The van der Waals surface area contributed by atoms with E-state index in [0.717, 1.165) is 40.0 Å². The van der Waals surface area contributed by atoms with E-state index in [0.29, 0.717) is 18.8 Å². The van der Waals surface area contributed by atoms with Crippen LogP contribution >= 0.6 is 11.3 Å². The molecule has 1 aromatic carbocycles. The van der Waals surface area contributed by atoms with Crippen molar-refractivity contribution in [1.29, 1.82) is 0 Å². The predicted molar refractivity (Wildman–Crippen MR) is 135 cm³/mol. The molecule has 0 unspecified atom stereocenters. The van der Waals surface area contributed by atoms with Crippen LogP contribution in [0.1, 0.15) is 30.9 Å². The number of nitrogens with zero attached hydrogens (tertiary/aromatic N) is 3. The summed E-state index contributed by atoms with van der Waals surface area (Å²) >= 11 is 1.54. The second kappa shape index (κ2) is 11.0. The second-order valence-electron chi connectivity index (χ2n) is 7.86. The Morgan fingerprint density at radius 1 is 1.12 bits per heavy atom. The fraction of sp³-hybridized carbons (Fsp3) is 0.269. The Morgan fingerprint density at radius 2 is 1.91 bits per heavy atom. The summed E-state index contributed by atoms with van der Waals surface area (Å²) in [5.41, 5.74) is 10.0. The molecule has 0 radical (unpaired) electrons. The molecule has 0 aliphatic carbocycles. The van der Waals surface area contributed by atoms with Gasteiger partial charge in [0.2, 0.25) is 0 Å². The molecule has 7 heteroatoms. The molecule has 0 saturated heterocycles. The number of nitrogens with one attached hydrogen (secondary N) is 1. The molecule has 2 atom stereocenters. The van der Waals surface area contributed by atoms with Gasteiger partial charge in [0.05, 0.1) is 10.3 Å². The van der Waals surface area contributed by atoms with Gasteiger partial charge in [0, 0.05) is 35.9 Å². The van der Waals surface area contributed by atoms with Crippen molar-refractivity contribution in [2.24, 2.45) is 5.73 Å². The molecule has 0 saturated carbocycles. The van der Waals surface area contributed by atoms with Crippen LogP contribution in [0.4, 0.5) is 5.82 Å². The number of aromatic nitrogens is 3. The molecule has 3 heterocycles. The molecule has 6 nitrogen and oxygen atoms in total. The highest BCUT2D eigenvalue weighted by Crippen LogP contribution is 2.32. The van der Waals surface area contributed by atoms with Gasteiger partial charge in [-0.2, -0.15) is 0 Å². The van der Waals surface area contributed by atoms with Crippen molar-refractivity contribution in [3.63, 3.8) is 0 Å². The lowest BCUT2D eigenvalue weighted by atomic mass is 10.1. The molecular formula is C26H27N5OS. The second-order valence-corrected chi connectivity index (χ2v) is 8.74. The van der Waals surface area contributed by atoms with Crippen LogP contribution in [0.25, 0.3) is 21.6 Å². The highest BCUT2D eigenvalue weighted by molar-refractivity contribution is 7.18. The number of fused-ring (bicyclic) bond motifs is 1. The minimum atomic E-state index is -0.639. The molecule has 0 fully saturated rings. The number of pyridine rings is 1. The summed E-state index contributed by atoms with van der Waals surface area (Å²) in [5, 5.41) is 15.4. The van der Waals surface area contributed by atoms with Crippen molar-refractivity contribution in [3.8, 4) is 23.2 Å². The molecule has 168 valence electrons. The summed E-state index contributed by atoms with van der Waals surface area (Å²) in [7, 11) is 0. The van der Waals surface area contributed by atoms with Gasteiger partial charge < -0.3 is 16.2 Å². The average Bonchev–Trinajstić information content (AvgIpc) is 3.26. The van der Waals surface area contributed by atoms with E-state index >= 15 is 0 Å². The number of aliphatic hydroxyl groups is 1. The maximum Gasteiger partial charge on any atom is 0.162 e. The standard InChI is InChI=1S/C26H27N5OS/c1-2-6-22(32)10-9-20-17-33-24-23(20)30-25(19-11-13-28-14-12-19)31-26(24)29-16-21(27)15-18-7-4-3-5-8-18/h3-5,7-8,11-14,17,21-22,32H,2,6,15-16,27H2,1H3,(H,29,30,31)/t21-,22+/m1/s1. The fourth-order valence-corrected chi connectivity index (χ4v) is 4.38. The first-order valence-electron chi connectivity index (χ1n) is 11.1. The van der Waals surface area contributed by atoms with E-state index in [2.05, 4.69) is 34.3 Å². The van der Waals surface area contributed by atoms with Gasteiger partial charge in [-0.3, -0.25) is 4.98 Å². The molecule has 0 amide bonds. The van der Waals surface area contributed by atoms with Crippen molar-refractivity contribution < 1.29 is 5.11 Å². The maximum absolute atomic E-state index is 10.0. The number of rotatable bonds is 8. The number of aliphatic hydroxyl groups excluding tert-OH is 1. The Morgan fingerprint density at radius 3 is 2.67 bits per heavy atom. The zero-order valence-electron chi connectivity index (χ0n) is 18.5. The smallest absolute Gasteiger partial charge is 0.162 e. The summed E-state index contributed by atoms with van der Waals surface area (Å²) in [5.74, 6) is 7.38. The number of hydrogen-bond acceptors (Lipinski definition) is 7. The van der Waals surface area contributed by atoms with E-state index in [1.807, 2.05) is 42.6 Å². The Kier molecular flexibility index (Phi) is 7.63. The summed E-state index contributed by atoms with van der Waals surface area (Å²) in [4.78, 5) is 13.7. The van der Waals surface area contributed by atoms with Crippen LogP contribution in [0.2, 0.25) is 0 Å². The molecule has 0 spiro atoms. The fourth-order valence-electron chi connectivity index (χ4n) is 3.48. The molecule has 4 N–H and O–H groups in total. The third-order valence-electron chi connectivity index (χ3n) is 5.16. The lowest BCUT2D eigenvalue weighted by Gasteiger charge is -2.14. The van der Waals surface area contributed by atoms with Crippen molar-refractivity contribution in [3.05, 3.63) is 71.4 Å². The van der Waals surface area contributed by atoms with E-state index in [4.69, 9.17) is 15.7 Å². The Bertz CT molecular complexity index is 1250. The topological polar surface area (TPSA) is 97.0 Å². The number of benzene rings is 1. The minimum Gasteiger partial charge on any atom is -0.380 e. The molecule has 33 heavy (non-hydrogen) atoms. The van der Waals surface area contributed by atoms with Gasteiger partial charge in [-0.1, -0.05) is 55.5 Å². The van der Waals surface area contributed by atoms with E-state index < -0.39 is 6.10 Å². The van der Waals surface area contributed by atoms with Crippen molar-refractivity contribution in [2.75, 3.05) is 11.9 Å². The number of thiophene rings is 1. The zero-order chi connectivity index (χ0) is 23.0. The minimum absolute atomic E-state index is 0.0646. The third-order valence-corrected chi connectivity index (χ3v) is 6.14. The monoisotopic (exact) mass is 457 g/mol. The van der Waals surface area contributed by atoms with E-state index in [9.17, 15) is 5.11 Å². The van der Waals surface area contributed by atoms with Crippen LogP contribution in [0.15, 0.2) is 60.2 Å².